The number of aromatic nitrogens is 3. The molecule has 0 spiro atoms. The van der Waals surface area contributed by atoms with Gasteiger partial charge in [0.1, 0.15) is 0 Å². The Morgan fingerprint density at radius 2 is 2.08 bits per heavy atom. The minimum atomic E-state index is 0.961. The molecule has 0 saturated carbocycles. The fourth-order valence-electron chi connectivity index (χ4n) is 1.07. The van der Waals surface area contributed by atoms with Crippen LogP contribution in [0.1, 0.15) is 26.5 Å². The van der Waals surface area contributed by atoms with Gasteiger partial charge in [-0.3, -0.25) is 4.98 Å². The van der Waals surface area contributed by atoms with Gasteiger partial charge in [-0.25, -0.2) is 4.98 Å². The maximum absolute atomic E-state index is 4.23. The van der Waals surface area contributed by atoms with Crippen LogP contribution < -0.4 is 0 Å². The molecule has 0 fully saturated rings. The Morgan fingerprint density at radius 3 is 2.77 bits per heavy atom. The van der Waals surface area contributed by atoms with Crippen molar-refractivity contribution in [1.82, 2.24) is 15.0 Å². The van der Waals surface area contributed by atoms with E-state index in [1.54, 1.807) is 6.33 Å². The Bertz CT molecular complexity index is 365. The third-order valence-electron chi connectivity index (χ3n) is 1.72. The summed E-state index contributed by atoms with van der Waals surface area (Å²) >= 11 is 0. The Balaban J connectivity index is 0.000000396. The molecule has 0 radical (unpaired) electrons. The first-order chi connectivity index (χ1) is 6.40. The summed E-state index contributed by atoms with van der Waals surface area (Å²) in [6.07, 6.45) is 4.47. The van der Waals surface area contributed by atoms with Crippen molar-refractivity contribution in [2.75, 3.05) is 0 Å². The van der Waals surface area contributed by atoms with Gasteiger partial charge < -0.3 is 4.98 Å². The molecule has 3 heteroatoms. The molecule has 2 aromatic heterocycles. The third kappa shape index (κ3) is 2.05. The van der Waals surface area contributed by atoms with Gasteiger partial charge in [0.25, 0.3) is 0 Å². The summed E-state index contributed by atoms with van der Waals surface area (Å²) < 4.78 is 0. The van der Waals surface area contributed by atoms with Crippen LogP contribution in [0.5, 0.6) is 0 Å². The number of nitrogens with zero attached hydrogens (tertiary/aromatic N) is 2. The van der Waals surface area contributed by atoms with E-state index in [0.717, 1.165) is 23.1 Å². The van der Waals surface area contributed by atoms with Gasteiger partial charge in [-0.2, -0.15) is 0 Å². The molecule has 0 unspecified atom stereocenters. The first-order valence-electron chi connectivity index (χ1n) is 4.68. The fraction of sp³-hybridized carbons (Fsp3) is 0.400. The van der Waals surface area contributed by atoms with Crippen molar-refractivity contribution in [1.29, 1.82) is 0 Å². The van der Waals surface area contributed by atoms with E-state index in [1.165, 1.54) is 0 Å². The molecule has 2 heterocycles. The second kappa shape index (κ2) is 4.60. The number of aryl methyl sites for hydroxylation is 1. The van der Waals surface area contributed by atoms with Crippen LogP contribution in [0.15, 0.2) is 18.6 Å². The highest BCUT2D eigenvalue weighted by Gasteiger charge is 1.96. The maximum atomic E-state index is 4.23. The number of imidazole rings is 1. The minimum Gasteiger partial charge on any atom is -0.343 e. The molecule has 0 aliphatic carbocycles. The van der Waals surface area contributed by atoms with Crippen LogP contribution in [-0.2, 0) is 6.42 Å². The number of rotatable bonds is 1. The summed E-state index contributed by atoms with van der Waals surface area (Å²) in [4.78, 5) is 11.4. The maximum Gasteiger partial charge on any atom is 0.0932 e. The van der Waals surface area contributed by atoms with E-state index >= 15 is 0 Å². The zero-order valence-corrected chi connectivity index (χ0v) is 8.33. The predicted molar refractivity (Wildman–Crippen MR) is 54.6 cm³/mol. The third-order valence-corrected chi connectivity index (χ3v) is 1.72. The molecular formula is C10H15N3. The van der Waals surface area contributed by atoms with E-state index < -0.39 is 0 Å². The second-order valence-electron chi connectivity index (χ2n) is 2.45. The largest absolute Gasteiger partial charge is 0.343 e. The average Bonchev–Trinajstić information content (AvgIpc) is 2.67. The van der Waals surface area contributed by atoms with Crippen molar-refractivity contribution in [3.63, 3.8) is 0 Å². The van der Waals surface area contributed by atoms with Gasteiger partial charge in [-0.1, -0.05) is 20.8 Å². The standard InChI is InChI=1S/C8H9N3.C2H6/c1-2-6-3-7-8(4-9-6)11-5-10-7;1-2/h3-5H,2H2,1H3,(H,10,11);1-2H3. The van der Waals surface area contributed by atoms with Crippen molar-refractivity contribution in [3.8, 4) is 0 Å². The molecule has 0 bridgehead atoms. The predicted octanol–water partition coefficient (Wildman–Crippen LogP) is 2.55. The second-order valence-corrected chi connectivity index (χ2v) is 2.45. The van der Waals surface area contributed by atoms with Crippen LogP contribution in [0.3, 0.4) is 0 Å². The quantitative estimate of drug-likeness (QED) is 0.727. The Labute approximate surface area is 78.2 Å². The Morgan fingerprint density at radius 1 is 1.31 bits per heavy atom. The lowest BCUT2D eigenvalue weighted by atomic mass is 10.3. The average molecular weight is 177 g/mol. The van der Waals surface area contributed by atoms with E-state index in [-0.39, 0.29) is 0 Å². The van der Waals surface area contributed by atoms with Gasteiger partial charge in [0.05, 0.1) is 23.6 Å². The number of fused-ring (bicyclic) bond motifs is 1. The molecule has 70 valence electrons. The Hall–Kier alpha value is -1.38. The highest BCUT2D eigenvalue weighted by molar-refractivity contribution is 5.73. The van der Waals surface area contributed by atoms with Gasteiger partial charge in [-0.15, -0.1) is 0 Å². The molecule has 0 saturated heterocycles. The van der Waals surface area contributed by atoms with Crippen molar-refractivity contribution in [2.24, 2.45) is 0 Å². The summed E-state index contributed by atoms with van der Waals surface area (Å²) in [5.41, 5.74) is 3.09. The van der Waals surface area contributed by atoms with Crippen LogP contribution >= 0.6 is 0 Å². The first-order valence-corrected chi connectivity index (χ1v) is 4.68. The number of pyridine rings is 1. The number of hydrogen-bond donors (Lipinski definition) is 1. The monoisotopic (exact) mass is 177 g/mol. The Kier molecular flexibility index (Phi) is 3.43. The summed E-state index contributed by atoms with van der Waals surface area (Å²) in [5, 5.41) is 0. The molecule has 0 aliphatic heterocycles. The molecule has 13 heavy (non-hydrogen) atoms. The summed E-state index contributed by atoms with van der Waals surface area (Å²) in [6, 6.07) is 2.01. The number of aromatic amines is 1. The minimum absolute atomic E-state index is 0.961. The van der Waals surface area contributed by atoms with Crippen molar-refractivity contribution >= 4 is 11.0 Å². The van der Waals surface area contributed by atoms with Gasteiger partial charge in [0.15, 0.2) is 0 Å². The van der Waals surface area contributed by atoms with Crippen LogP contribution in [0, 0.1) is 0 Å². The number of nitrogens with one attached hydrogen (secondary N) is 1. The van der Waals surface area contributed by atoms with Gasteiger partial charge in [0.2, 0.25) is 0 Å². The van der Waals surface area contributed by atoms with Crippen LogP contribution in [0.25, 0.3) is 11.0 Å². The number of hydrogen-bond acceptors (Lipinski definition) is 2. The topological polar surface area (TPSA) is 41.6 Å². The van der Waals surface area contributed by atoms with E-state index in [0.29, 0.717) is 0 Å². The molecule has 0 atom stereocenters. The zero-order valence-electron chi connectivity index (χ0n) is 8.33. The van der Waals surface area contributed by atoms with Crippen LogP contribution in [0.2, 0.25) is 0 Å². The lowest BCUT2D eigenvalue weighted by molar-refractivity contribution is 1.04. The lowest BCUT2D eigenvalue weighted by Crippen LogP contribution is -1.84. The molecule has 2 rings (SSSR count). The van der Waals surface area contributed by atoms with Crippen LogP contribution in [-0.4, -0.2) is 15.0 Å². The molecule has 2 aromatic rings. The lowest BCUT2D eigenvalue weighted by Gasteiger charge is -1.92. The molecule has 3 nitrogen and oxygen atoms in total. The summed E-state index contributed by atoms with van der Waals surface area (Å²) in [7, 11) is 0. The smallest absolute Gasteiger partial charge is 0.0932 e. The van der Waals surface area contributed by atoms with E-state index in [2.05, 4.69) is 21.9 Å². The van der Waals surface area contributed by atoms with Gasteiger partial charge in [0, 0.05) is 5.69 Å². The van der Waals surface area contributed by atoms with Crippen molar-refractivity contribution in [3.05, 3.63) is 24.3 Å². The normalized spacial score (nSPS) is 9.46. The van der Waals surface area contributed by atoms with E-state index in [9.17, 15) is 0 Å². The highest BCUT2D eigenvalue weighted by atomic mass is 14.9. The van der Waals surface area contributed by atoms with Crippen molar-refractivity contribution in [2.45, 2.75) is 27.2 Å². The fourth-order valence-corrected chi connectivity index (χ4v) is 1.07. The molecule has 0 amide bonds. The van der Waals surface area contributed by atoms with E-state index in [1.807, 2.05) is 26.1 Å². The molecule has 1 N–H and O–H groups in total. The summed E-state index contributed by atoms with van der Waals surface area (Å²) in [5.74, 6) is 0. The van der Waals surface area contributed by atoms with Gasteiger partial charge in [-0.05, 0) is 12.5 Å². The zero-order chi connectivity index (χ0) is 9.68. The molecule has 0 aliphatic rings. The first kappa shape index (κ1) is 9.71. The number of H-pyrrole nitrogens is 1. The molecule has 0 aromatic carbocycles. The van der Waals surface area contributed by atoms with Crippen molar-refractivity contribution < 1.29 is 0 Å². The molecular weight excluding hydrogens is 162 g/mol. The van der Waals surface area contributed by atoms with Crippen LogP contribution in [0.4, 0.5) is 0 Å². The van der Waals surface area contributed by atoms with Gasteiger partial charge >= 0.3 is 0 Å². The SMILES string of the molecule is CC.CCc1cc2nc[nH]c2cn1. The van der Waals surface area contributed by atoms with E-state index in [4.69, 9.17) is 0 Å². The highest BCUT2D eigenvalue weighted by Crippen LogP contribution is 2.08. The summed E-state index contributed by atoms with van der Waals surface area (Å²) in [6.45, 7) is 6.08.